The lowest BCUT2D eigenvalue weighted by atomic mass is 10.0. The molecule has 2 unspecified atom stereocenters. The lowest BCUT2D eigenvalue weighted by molar-refractivity contribution is -0.143. The Hall–Kier alpha value is -1.66. The van der Waals surface area contributed by atoms with E-state index < -0.39 is 12.1 Å². The summed E-state index contributed by atoms with van der Waals surface area (Å²) in [6, 6.07) is -0.627. The number of hydrogen-bond donors (Lipinski definition) is 3. The van der Waals surface area contributed by atoms with Crippen molar-refractivity contribution in [3.8, 4) is 0 Å². The monoisotopic (exact) mass is 1100 g/mol. The zero-order valence-electron chi connectivity index (χ0n) is 52.9. The Kier molecular flexibility index (Phi) is 66.4. The predicted octanol–water partition coefficient (Wildman–Crippen LogP) is 22.9. The van der Waals surface area contributed by atoms with E-state index in [1.54, 1.807) is 6.08 Å². The van der Waals surface area contributed by atoms with E-state index in [0.29, 0.717) is 19.4 Å². The van der Waals surface area contributed by atoms with Gasteiger partial charge < -0.3 is 20.3 Å². The van der Waals surface area contributed by atoms with Crippen LogP contribution in [-0.4, -0.2) is 47.4 Å². The molecule has 0 radical (unpaired) electrons. The molecule has 0 spiro atoms. The fraction of sp³-hybridized carbons (Fsp3) is 0.917. The van der Waals surface area contributed by atoms with Gasteiger partial charge in [0.05, 0.1) is 25.4 Å². The molecule has 0 fully saturated rings. The maximum absolute atomic E-state index is 12.5. The second kappa shape index (κ2) is 67.8. The van der Waals surface area contributed by atoms with E-state index in [4.69, 9.17) is 4.74 Å². The minimum Gasteiger partial charge on any atom is -0.466 e. The Balaban J connectivity index is 3.38. The van der Waals surface area contributed by atoms with Gasteiger partial charge in [-0.15, -0.1) is 0 Å². The summed E-state index contributed by atoms with van der Waals surface area (Å²) >= 11 is 0. The lowest BCUT2D eigenvalue weighted by Crippen LogP contribution is -2.45. The fourth-order valence-electron chi connectivity index (χ4n) is 11.3. The molecule has 0 aliphatic heterocycles. The minimum absolute atomic E-state index is 0.0129. The van der Waals surface area contributed by atoms with Crippen molar-refractivity contribution in [1.29, 1.82) is 0 Å². The summed E-state index contributed by atoms with van der Waals surface area (Å²) in [7, 11) is 0. The molecule has 0 rings (SSSR count). The molecule has 0 bridgehead atoms. The third kappa shape index (κ3) is 63.5. The smallest absolute Gasteiger partial charge is 0.305 e. The number of hydrogen-bond acceptors (Lipinski definition) is 5. The molecular formula is C72H139NO5. The minimum atomic E-state index is -0.844. The van der Waals surface area contributed by atoms with Gasteiger partial charge in [0.25, 0.3) is 0 Å². The van der Waals surface area contributed by atoms with E-state index in [-0.39, 0.29) is 18.5 Å². The second-order valence-corrected chi connectivity index (χ2v) is 24.6. The van der Waals surface area contributed by atoms with Gasteiger partial charge in [-0.1, -0.05) is 353 Å². The summed E-state index contributed by atoms with van der Waals surface area (Å²) < 4.78 is 5.51. The molecular weight excluding hydrogens is 959 g/mol. The van der Waals surface area contributed by atoms with Gasteiger partial charge in [0.1, 0.15) is 0 Å². The van der Waals surface area contributed by atoms with Gasteiger partial charge in [0, 0.05) is 12.8 Å². The van der Waals surface area contributed by atoms with E-state index in [1.807, 2.05) is 6.08 Å². The van der Waals surface area contributed by atoms with Crippen LogP contribution >= 0.6 is 0 Å². The number of unbranched alkanes of at least 4 members (excludes halogenated alkanes) is 54. The summed E-state index contributed by atoms with van der Waals surface area (Å²) in [5.41, 5.74) is 0. The molecule has 0 aliphatic rings. The molecule has 0 aromatic rings. The molecule has 0 saturated heterocycles. The van der Waals surface area contributed by atoms with Crippen molar-refractivity contribution in [1.82, 2.24) is 5.32 Å². The van der Waals surface area contributed by atoms with Crippen LogP contribution in [-0.2, 0) is 14.3 Å². The van der Waals surface area contributed by atoms with Crippen molar-refractivity contribution < 1.29 is 24.5 Å². The highest BCUT2D eigenvalue weighted by atomic mass is 16.5. The zero-order chi connectivity index (χ0) is 56.4. The molecule has 0 aliphatic carbocycles. The van der Waals surface area contributed by atoms with Gasteiger partial charge in [-0.05, 0) is 57.8 Å². The lowest BCUT2D eigenvalue weighted by Gasteiger charge is -2.20. The van der Waals surface area contributed by atoms with Crippen molar-refractivity contribution in [2.75, 3.05) is 13.2 Å². The molecule has 0 aromatic heterocycles. The number of nitrogens with one attached hydrogen (secondary N) is 1. The largest absolute Gasteiger partial charge is 0.466 e. The quantitative estimate of drug-likeness (QED) is 0.0320. The van der Waals surface area contributed by atoms with Crippen LogP contribution in [0.1, 0.15) is 399 Å². The predicted molar refractivity (Wildman–Crippen MR) is 343 cm³/mol. The molecule has 3 N–H and O–H groups in total. The molecule has 0 heterocycles. The van der Waals surface area contributed by atoms with Gasteiger partial charge in [-0.25, -0.2) is 0 Å². The first-order chi connectivity index (χ1) is 38.5. The van der Waals surface area contributed by atoms with Crippen LogP contribution in [0, 0.1) is 0 Å². The number of esters is 1. The molecule has 462 valence electrons. The van der Waals surface area contributed by atoms with Crippen LogP contribution in [0.3, 0.4) is 0 Å². The van der Waals surface area contributed by atoms with Crippen molar-refractivity contribution in [3.63, 3.8) is 0 Å². The van der Waals surface area contributed by atoms with E-state index in [1.165, 1.54) is 327 Å². The molecule has 78 heavy (non-hydrogen) atoms. The maximum Gasteiger partial charge on any atom is 0.305 e. The van der Waals surface area contributed by atoms with Gasteiger partial charge in [0.15, 0.2) is 0 Å². The van der Waals surface area contributed by atoms with E-state index in [2.05, 4.69) is 31.3 Å². The van der Waals surface area contributed by atoms with E-state index in [9.17, 15) is 19.8 Å². The number of aliphatic hydroxyl groups is 2. The Morgan fingerprint density at radius 2 is 0.603 bits per heavy atom. The van der Waals surface area contributed by atoms with E-state index in [0.717, 1.165) is 44.9 Å². The standard InChI is InChI=1S/C72H139NO5/c1-3-5-7-9-11-13-15-17-19-21-29-32-36-40-44-48-52-56-60-64-70(75)69(68-74)73-71(76)65-61-57-53-49-45-41-37-33-30-27-25-23-24-26-28-31-35-39-43-47-51-55-59-63-67-78-72(77)66-62-58-54-50-46-42-38-34-22-20-18-16-14-12-10-8-6-4-2/h20,22,60,64,69-70,74-75H,3-19,21,23-59,61-63,65-68H2,1-2H3,(H,73,76)/b22-20-,64-60+. The summed E-state index contributed by atoms with van der Waals surface area (Å²) in [4.78, 5) is 24.6. The highest BCUT2D eigenvalue weighted by molar-refractivity contribution is 5.76. The highest BCUT2D eigenvalue weighted by Crippen LogP contribution is 2.19. The SMILES string of the molecule is CCCCCCCCC/C=C\CCCCCCCCCC(=O)OCCCCCCCCCCCCCCCCCCCCCCCCCCC(=O)NC(CO)C(O)/C=C/CCCCCCCCCCCCCCCCCCC. The van der Waals surface area contributed by atoms with Crippen LogP contribution in [0.4, 0.5) is 0 Å². The molecule has 6 nitrogen and oxygen atoms in total. The summed E-state index contributed by atoms with van der Waals surface area (Å²) in [6.45, 7) is 4.94. The zero-order valence-corrected chi connectivity index (χ0v) is 52.9. The van der Waals surface area contributed by atoms with Gasteiger partial charge >= 0.3 is 5.97 Å². The molecule has 1 amide bonds. The maximum atomic E-state index is 12.5. The summed E-state index contributed by atoms with van der Waals surface area (Å²) in [5.74, 6) is -0.0502. The highest BCUT2D eigenvalue weighted by Gasteiger charge is 2.18. The average Bonchev–Trinajstić information content (AvgIpc) is 3.44. The third-order valence-corrected chi connectivity index (χ3v) is 16.7. The van der Waals surface area contributed by atoms with Crippen molar-refractivity contribution in [2.45, 2.75) is 411 Å². The van der Waals surface area contributed by atoms with Gasteiger partial charge in [-0.3, -0.25) is 9.59 Å². The number of carbonyl (C=O) groups excluding carboxylic acids is 2. The fourth-order valence-corrected chi connectivity index (χ4v) is 11.3. The van der Waals surface area contributed by atoms with Crippen LogP contribution in [0.2, 0.25) is 0 Å². The normalized spacial score (nSPS) is 12.6. The first kappa shape index (κ1) is 76.3. The number of aliphatic hydroxyl groups excluding tert-OH is 2. The summed E-state index contributed by atoms with van der Waals surface area (Å²) in [6.07, 6.45) is 85.4. The number of carbonyl (C=O) groups is 2. The number of ether oxygens (including phenoxy) is 1. The first-order valence-electron chi connectivity index (χ1n) is 35.6. The van der Waals surface area contributed by atoms with Crippen molar-refractivity contribution in [3.05, 3.63) is 24.3 Å². The van der Waals surface area contributed by atoms with E-state index >= 15 is 0 Å². The second-order valence-electron chi connectivity index (χ2n) is 24.6. The molecule has 0 aromatic carbocycles. The summed E-state index contributed by atoms with van der Waals surface area (Å²) in [5, 5.41) is 23.2. The van der Waals surface area contributed by atoms with Gasteiger partial charge in [-0.2, -0.15) is 0 Å². The van der Waals surface area contributed by atoms with Crippen LogP contribution in [0.15, 0.2) is 24.3 Å². The Morgan fingerprint density at radius 1 is 0.346 bits per heavy atom. The van der Waals surface area contributed by atoms with Crippen molar-refractivity contribution >= 4 is 11.9 Å². The first-order valence-corrected chi connectivity index (χ1v) is 35.6. The Morgan fingerprint density at radius 3 is 0.910 bits per heavy atom. The van der Waals surface area contributed by atoms with Crippen LogP contribution in [0.25, 0.3) is 0 Å². The molecule has 6 heteroatoms. The Bertz CT molecular complexity index is 1220. The topological polar surface area (TPSA) is 95.9 Å². The van der Waals surface area contributed by atoms with Crippen LogP contribution in [0.5, 0.6) is 0 Å². The number of rotatable bonds is 67. The molecule has 0 saturated carbocycles. The Labute approximate surface area is 488 Å². The van der Waals surface area contributed by atoms with Gasteiger partial charge in [0.2, 0.25) is 5.91 Å². The van der Waals surface area contributed by atoms with Crippen LogP contribution < -0.4 is 5.32 Å². The van der Waals surface area contributed by atoms with Crippen molar-refractivity contribution in [2.24, 2.45) is 0 Å². The average molecular weight is 1100 g/mol. The molecule has 2 atom stereocenters. The number of allylic oxidation sites excluding steroid dienone is 3. The number of amides is 1. The third-order valence-electron chi connectivity index (χ3n) is 16.7.